The second-order valence-electron chi connectivity index (χ2n) is 9.81. The smallest absolute Gasteiger partial charge is 0.416 e. The van der Waals surface area contributed by atoms with Crippen LogP contribution in [0.3, 0.4) is 0 Å². The summed E-state index contributed by atoms with van der Waals surface area (Å²) in [5.41, 5.74) is 0.0588. The Morgan fingerprint density at radius 3 is 2.38 bits per heavy atom. The van der Waals surface area contributed by atoms with E-state index in [2.05, 4.69) is 0 Å². The van der Waals surface area contributed by atoms with Gasteiger partial charge in [0.2, 0.25) is 0 Å². The first-order valence-electron chi connectivity index (χ1n) is 11.5. The van der Waals surface area contributed by atoms with E-state index in [1.807, 2.05) is 20.8 Å². The number of likely N-dealkylation sites (tertiary alicyclic amines) is 1. The number of ketones is 1. The largest absolute Gasteiger partial charge is 0.507 e. The summed E-state index contributed by atoms with van der Waals surface area (Å²) in [6.07, 6.45) is -4.55. The monoisotopic (exact) mass is 529 g/mol. The lowest BCUT2D eigenvalue weighted by Crippen LogP contribution is -2.29. The van der Waals surface area contributed by atoms with Crippen molar-refractivity contribution < 1.29 is 32.6 Å². The van der Waals surface area contributed by atoms with Gasteiger partial charge in [0.25, 0.3) is 11.7 Å². The third-order valence-corrected chi connectivity index (χ3v) is 7.17. The first kappa shape index (κ1) is 26.5. The van der Waals surface area contributed by atoms with E-state index < -0.39 is 29.5 Å². The normalized spacial score (nSPS) is 17.9. The number of rotatable bonds is 5. The van der Waals surface area contributed by atoms with Crippen molar-refractivity contribution in [3.8, 4) is 5.75 Å². The van der Waals surface area contributed by atoms with Crippen molar-refractivity contribution in [3.63, 3.8) is 0 Å². The Hall–Kier alpha value is -3.59. The highest BCUT2D eigenvalue weighted by atomic mass is 32.1. The van der Waals surface area contributed by atoms with E-state index in [0.717, 1.165) is 17.7 Å². The molecule has 194 valence electrons. The molecule has 2 heterocycles. The van der Waals surface area contributed by atoms with Crippen LogP contribution >= 0.6 is 11.3 Å². The minimum absolute atomic E-state index is 0.107. The number of aliphatic hydroxyl groups is 1. The number of alkyl halides is 3. The number of benzene rings is 2. The topological polar surface area (TPSA) is 66.8 Å². The zero-order valence-electron chi connectivity index (χ0n) is 20.7. The molecular formula is C28H26F3NO4S. The van der Waals surface area contributed by atoms with Crippen molar-refractivity contribution in [1.29, 1.82) is 0 Å². The van der Waals surface area contributed by atoms with Gasteiger partial charge in [-0.3, -0.25) is 9.59 Å². The van der Waals surface area contributed by atoms with Crippen LogP contribution in [0.1, 0.15) is 53.9 Å². The Labute approximate surface area is 216 Å². The second-order valence-corrected chi connectivity index (χ2v) is 10.8. The number of ether oxygens (including phenoxy) is 1. The standard InChI is InChI=1S/C28H26F3NO4S/c1-27(2,3)19-14-17(10-11-20(19)36-4)24(33)22-23(21-9-6-12-37-21)32(26(35)25(22)34)15-16-7-5-8-18(13-16)28(29,30)31/h5-14,23,33H,15H2,1-4H3/b24-22-. The molecule has 1 aromatic heterocycles. The summed E-state index contributed by atoms with van der Waals surface area (Å²) < 4.78 is 45.3. The summed E-state index contributed by atoms with van der Waals surface area (Å²) in [5, 5.41) is 13.1. The van der Waals surface area contributed by atoms with Gasteiger partial charge in [-0.05, 0) is 52.8 Å². The molecule has 5 nitrogen and oxygen atoms in total. The fraction of sp³-hybridized carbons (Fsp3) is 0.286. The summed E-state index contributed by atoms with van der Waals surface area (Å²) in [5.74, 6) is -1.52. The van der Waals surface area contributed by atoms with Gasteiger partial charge in [-0.15, -0.1) is 11.3 Å². The van der Waals surface area contributed by atoms with Gasteiger partial charge in [-0.25, -0.2) is 0 Å². The second kappa shape index (κ2) is 9.70. The summed E-state index contributed by atoms with van der Waals surface area (Å²) in [7, 11) is 1.54. The molecule has 1 aliphatic rings. The molecule has 0 spiro atoms. The molecule has 1 N–H and O–H groups in total. The minimum Gasteiger partial charge on any atom is -0.507 e. The summed E-state index contributed by atoms with van der Waals surface area (Å²) in [6.45, 7) is 5.71. The number of methoxy groups -OCH3 is 1. The van der Waals surface area contributed by atoms with Crippen molar-refractivity contribution >= 4 is 28.8 Å². The van der Waals surface area contributed by atoms with Crippen LogP contribution in [0, 0.1) is 0 Å². The maximum Gasteiger partial charge on any atom is 0.416 e. The zero-order chi connectivity index (χ0) is 27.1. The number of amides is 1. The van der Waals surface area contributed by atoms with E-state index in [1.165, 1.54) is 28.4 Å². The molecule has 0 saturated carbocycles. The molecule has 3 aromatic rings. The quantitative estimate of drug-likeness (QED) is 0.227. The van der Waals surface area contributed by atoms with Crippen LogP contribution in [0.15, 0.2) is 65.6 Å². The average molecular weight is 530 g/mol. The summed E-state index contributed by atoms with van der Waals surface area (Å²) in [6, 6.07) is 12.2. The fourth-order valence-corrected chi connectivity index (χ4v) is 5.27. The Bertz CT molecular complexity index is 1370. The van der Waals surface area contributed by atoms with E-state index >= 15 is 0 Å². The molecule has 37 heavy (non-hydrogen) atoms. The molecule has 4 rings (SSSR count). The Kier molecular flexibility index (Phi) is 6.94. The number of hydrogen-bond donors (Lipinski definition) is 1. The van der Waals surface area contributed by atoms with Crippen LogP contribution in [-0.4, -0.2) is 28.8 Å². The molecule has 9 heteroatoms. The molecule has 1 unspecified atom stereocenters. The number of Topliss-reactive ketones (excluding diaryl/α,β-unsaturated/α-hetero) is 1. The number of thiophene rings is 1. The third kappa shape index (κ3) is 5.13. The molecule has 2 aromatic carbocycles. The van der Waals surface area contributed by atoms with Crippen molar-refractivity contribution in [1.82, 2.24) is 4.90 Å². The first-order chi connectivity index (χ1) is 17.3. The Morgan fingerprint density at radius 2 is 1.78 bits per heavy atom. The van der Waals surface area contributed by atoms with Gasteiger partial charge in [-0.2, -0.15) is 13.2 Å². The Balaban J connectivity index is 1.83. The molecule has 1 amide bonds. The average Bonchev–Trinajstić information content (AvgIpc) is 3.45. The van der Waals surface area contributed by atoms with Gasteiger partial charge >= 0.3 is 6.18 Å². The maximum absolute atomic E-state index is 13.3. The number of hydrogen-bond acceptors (Lipinski definition) is 5. The van der Waals surface area contributed by atoms with Crippen LogP contribution in [0.25, 0.3) is 5.76 Å². The lowest BCUT2D eigenvalue weighted by molar-refractivity contribution is -0.140. The van der Waals surface area contributed by atoms with Crippen LogP contribution < -0.4 is 4.74 Å². The maximum atomic E-state index is 13.3. The molecular weight excluding hydrogens is 503 g/mol. The summed E-state index contributed by atoms with van der Waals surface area (Å²) in [4.78, 5) is 28.2. The fourth-order valence-electron chi connectivity index (χ4n) is 4.43. The molecule has 1 aliphatic heterocycles. The number of aliphatic hydroxyl groups excluding tert-OH is 1. The highest BCUT2D eigenvalue weighted by molar-refractivity contribution is 7.10. The van der Waals surface area contributed by atoms with Crippen molar-refractivity contribution in [2.45, 2.75) is 44.9 Å². The van der Waals surface area contributed by atoms with Crippen molar-refractivity contribution in [2.24, 2.45) is 0 Å². The predicted molar refractivity (Wildman–Crippen MR) is 135 cm³/mol. The zero-order valence-corrected chi connectivity index (χ0v) is 21.5. The van der Waals surface area contributed by atoms with Gasteiger partial charge in [0, 0.05) is 22.5 Å². The molecule has 0 aliphatic carbocycles. The number of nitrogens with zero attached hydrogens (tertiary/aromatic N) is 1. The van der Waals surface area contributed by atoms with Gasteiger partial charge in [-0.1, -0.05) is 39.0 Å². The molecule has 0 bridgehead atoms. The SMILES string of the molecule is COc1ccc(/C(O)=C2/C(=O)C(=O)N(Cc3cccc(C(F)(F)F)c3)C2c2cccs2)cc1C(C)(C)C. The van der Waals surface area contributed by atoms with E-state index in [0.29, 0.717) is 16.2 Å². The molecule has 1 atom stereocenters. The van der Waals surface area contributed by atoms with Crippen LogP contribution in [0.2, 0.25) is 0 Å². The highest BCUT2D eigenvalue weighted by Crippen LogP contribution is 2.43. The molecule has 1 saturated heterocycles. The lowest BCUT2D eigenvalue weighted by atomic mass is 9.84. The predicted octanol–water partition coefficient (Wildman–Crippen LogP) is 6.69. The van der Waals surface area contributed by atoms with Gasteiger partial charge in [0.1, 0.15) is 11.5 Å². The van der Waals surface area contributed by atoms with E-state index in [-0.39, 0.29) is 28.9 Å². The van der Waals surface area contributed by atoms with Gasteiger partial charge in [0.15, 0.2) is 0 Å². The van der Waals surface area contributed by atoms with E-state index in [1.54, 1.807) is 42.8 Å². The Morgan fingerprint density at radius 1 is 1.05 bits per heavy atom. The highest BCUT2D eigenvalue weighted by Gasteiger charge is 2.46. The van der Waals surface area contributed by atoms with Crippen LogP contribution in [0.5, 0.6) is 5.75 Å². The summed E-state index contributed by atoms with van der Waals surface area (Å²) >= 11 is 1.28. The lowest BCUT2D eigenvalue weighted by Gasteiger charge is -2.25. The van der Waals surface area contributed by atoms with E-state index in [4.69, 9.17) is 4.74 Å². The van der Waals surface area contributed by atoms with Gasteiger partial charge < -0.3 is 14.7 Å². The number of carbonyl (C=O) groups excluding carboxylic acids is 2. The van der Waals surface area contributed by atoms with Crippen molar-refractivity contribution in [2.75, 3.05) is 7.11 Å². The minimum atomic E-state index is -4.55. The number of halogens is 3. The molecule has 0 radical (unpaired) electrons. The number of carbonyl (C=O) groups is 2. The first-order valence-corrected chi connectivity index (χ1v) is 12.4. The van der Waals surface area contributed by atoms with Gasteiger partial charge in [0.05, 0.1) is 24.3 Å². The van der Waals surface area contributed by atoms with Crippen LogP contribution in [0.4, 0.5) is 13.2 Å². The molecule has 1 fully saturated rings. The van der Waals surface area contributed by atoms with Crippen LogP contribution in [-0.2, 0) is 27.7 Å². The van der Waals surface area contributed by atoms with E-state index in [9.17, 15) is 27.9 Å². The third-order valence-electron chi connectivity index (χ3n) is 6.24. The van der Waals surface area contributed by atoms with Crippen molar-refractivity contribution in [3.05, 3.63) is 92.7 Å².